The highest BCUT2D eigenvalue weighted by Gasteiger charge is 2.13. The molecule has 1 radical (unpaired) electrons. The summed E-state index contributed by atoms with van der Waals surface area (Å²) in [6.45, 7) is 9.30. The van der Waals surface area contributed by atoms with E-state index >= 15 is 0 Å². The van der Waals surface area contributed by atoms with Gasteiger partial charge < -0.3 is 5.11 Å². The van der Waals surface area contributed by atoms with Gasteiger partial charge >= 0.3 is 16.3 Å². The lowest BCUT2D eigenvalue weighted by atomic mass is 10.2. The van der Waals surface area contributed by atoms with Crippen molar-refractivity contribution in [1.29, 1.82) is 0 Å². The van der Waals surface area contributed by atoms with E-state index in [9.17, 15) is 13.2 Å². The van der Waals surface area contributed by atoms with E-state index in [2.05, 4.69) is 17.7 Å². The van der Waals surface area contributed by atoms with Crippen molar-refractivity contribution in [3.63, 3.8) is 0 Å². The van der Waals surface area contributed by atoms with Crippen molar-refractivity contribution in [3.05, 3.63) is 19.6 Å². The van der Waals surface area contributed by atoms with Crippen LogP contribution in [0.4, 0.5) is 0 Å². The van der Waals surface area contributed by atoms with Gasteiger partial charge in [0, 0.05) is 0 Å². The van der Waals surface area contributed by atoms with Gasteiger partial charge in [-0.2, -0.15) is 8.42 Å². The van der Waals surface area contributed by atoms with Crippen LogP contribution in [0.3, 0.4) is 0 Å². The average Bonchev–Trinajstić information content (AvgIpc) is 2.13. The summed E-state index contributed by atoms with van der Waals surface area (Å²) >= 11 is 0. The fraction of sp³-hybridized carbons (Fsp3) is 0.444. The van der Waals surface area contributed by atoms with Crippen LogP contribution < -0.4 is 4.72 Å². The first-order valence-electron chi connectivity index (χ1n) is 4.49. The minimum absolute atomic E-state index is 0.0414. The van der Waals surface area contributed by atoms with Crippen LogP contribution in [0, 0.1) is 12.8 Å². The Morgan fingerprint density at radius 3 is 2.18 bits per heavy atom. The fourth-order valence-corrected chi connectivity index (χ4v) is 1.26. The number of carboxylic acids is 1. The summed E-state index contributed by atoms with van der Waals surface area (Å²) in [5.41, 5.74) is 0. The largest absolute Gasteiger partial charge is 0.481 e. The van der Waals surface area contributed by atoms with Crippen molar-refractivity contribution in [2.24, 2.45) is 5.92 Å². The number of amides is 1. The summed E-state index contributed by atoms with van der Waals surface area (Å²) in [6.07, 6.45) is 0.857. The number of nitrogens with one attached hydrogen (secondary N) is 1. The van der Waals surface area contributed by atoms with Crippen LogP contribution in [0.1, 0.15) is 13.8 Å². The van der Waals surface area contributed by atoms with E-state index in [0.29, 0.717) is 0 Å². The Kier molecular flexibility index (Phi) is 9.21. The maximum absolute atomic E-state index is 10.9. The van der Waals surface area contributed by atoms with E-state index in [1.54, 1.807) is 18.6 Å². The molecular weight excluding hydrogens is 250 g/mol. The van der Waals surface area contributed by atoms with E-state index in [1.807, 2.05) is 0 Å². The van der Waals surface area contributed by atoms with Crippen LogP contribution >= 0.6 is 0 Å². The molecule has 0 saturated heterocycles. The molecule has 0 aromatic heterocycles. The molecule has 17 heavy (non-hydrogen) atoms. The van der Waals surface area contributed by atoms with Gasteiger partial charge in [-0.05, 0) is 12.0 Å². The van der Waals surface area contributed by atoms with Crippen molar-refractivity contribution in [2.45, 2.75) is 13.8 Å². The summed E-state index contributed by atoms with van der Waals surface area (Å²) in [6, 6.07) is 0. The van der Waals surface area contributed by atoms with Crippen molar-refractivity contribution < 1.29 is 27.3 Å². The van der Waals surface area contributed by atoms with Gasteiger partial charge in [0.05, 0.1) is 13.5 Å². The third-order valence-electron chi connectivity index (χ3n) is 0.968. The highest BCUT2D eigenvalue weighted by Crippen LogP contribution is 1.96. The van der Waals surface area contributed by atoms with Crippen LogP contribution in [-0.2, 0) is 24.1 Å². The summed E-state index contributed by atoms with van der Waals surface area (Å²) < 4.78 is 27.9. The predicted molar refractivity (Wildman–Crippen MR) is 61.0 cm³/mol. The third-order valence-corrected chi connectivity index (χ3v) is 1.87. The van der Waals surface area contributed by atoms with E-state index in [4.69, 9.17) is 9.90 Å². The van der Waals surface area contributed by atoms with E-state index in [0.717, 1.165) is 6.08 Å². The zero-order chi connectivity index (χ0) is 14.1. The number of hydrogen-bond acceptors (Lipinski definition) is 5. The number of rotatable bonds is 5. The van der Waals surface area contributed by atoms with Crippen LogP contribution in [0.15, 0.2) is 12.7 Å². The second-order valence-electron chi connectivity index (χ2n) is 3.20. The molecule has 0 rings (SSSR count). The molecule has 0 heterocycles. The van der Waals surface area contributed by atoms with Crippen LogP contribution in [0.5, 0.6) is 0 Å². The topological polar surface area (TPSA) is 110 Å². The normalized spacial score (nSPS) is 10.1. The number of carbonyl (C=O) groups excluding carboxylic acids is 1. The molecule has 1 amide bonds. The van der Waals surface area contributed by atoms with E-state index in [1.165, 1.54) is 0 Å². The molecule has 2 N–H and O–H groups in total. The first kappa shape index (κ1) is 18.0. The van der Waals surface area contributed by atoms with Gasteiger partial charge in [-0.15, -0.1) is 0 Å². The average molecular weight is 266 g/mol. The fourth-order valence-electron chi connectivity index (χ4n) is 0.420. The lowest BCUT2D eigenvalue weighted by Crippen LogP contribution is -2.31. The maximum atomic E-state index is 10.9. The molecule has 0 bridgehead atoms. The molecule has 8 heteroatoms. The zero-order valence-electron chi connectivity index (χ0n) is 9.67. The van der Waals surface area contributed by atoms with Crippen LogP contribution in [0.25, 0.3) is 0 Å². The van der Waals surface area contributed by atoms with Crippen molar-refractivity contribution >= 4 is 22.2 Å². The summed E-state index contributed by atoms with van der Waals surface area (Å²) in [7, 11) is -3.96. The predicted octanol–water partition coefficient (Wildman–Crippen LogP) is 0.111. The lowest BCUT2D eigenvalue weighted by molar-refractivity contribution is -0.131. The second-order valence-corrected chi connectivity index (χ2v) is 4.54. The molecule has 7 nitrogen and oxygen atoms in total. The Hall–Kier alpha value is -1.41. The minimum Gasteiger partial charge on any atom is -0.481 e. The number of carbonyl (C=O) groups is 2. The standard InChI is InChI=1S/C7H13NO4S.C2H3O2/c1-4-7(9)8-13(10,11)12-5-6(2)3;1-2(3)4/h4,6H,1,5H2,2-3H3,(H,8,9);1H2,(H,3,4). The monoisotopic (exact) mass is 266 g/mol. The number of carboxylic acid groups (broad SMARTS) is 1. The highest BCUT2D eigenvalue weighted by molar-refractivity contribution is 7.85. The lowest BCUT2D eigenvalue weighted by Gasteiger charge is -2.06. The number of aliphatic carboxylic acids is 1. The van der Waals surface area contributed by atoms with Crippen molar-refractivity contribution in [3.8, 4) is 0 Å². The molecule has 0 aliphatic rings. The second kappa shape index (κ2) is 8.71. The quantitative estimate of drug-likeness (QED) is 0.683. The molecule has 0 saturated carbocycles. The van der Waals surface area contributed by atoms with Gasteiger partial charge in [0.15, 0.2) is 0 Å². The first-order valence-corrected chi connectivity index (χ1v) is 5.90. The first-order chi connectivity index (χ1) is 7.60. The third kappa shape index (κ3) is 17.2. The Bertz CT molecular complexity index is 356. The molecule has 0 fully saturated rings. The molecular formula is C9H16NO6S. The molecule has 0 unspecified atom stereocenters. The molecule has 99 valence electrons. The van der Waals surface area contributed by atoms with Crippen LogP contribution in [-0.4, -0.2) is 32.0 Å². The van der Waals surface area contributed by atoms with Gasteiger partial charge in [-0.3, -0.25) is 13.8 Å². The number of hydrogen-bond donors (Lipinski definition) is 2. The summed E-state index contributed by atoms with van der Waals surface area (Å²) in [4.78, 5) is 19.5. The smallest absolute Gasteiger partial charge is 0.362 e. The van der Waals surface area contributed by atoms with E-state index in [-0.39, 0.29) is 12.5 Å². The van der Waals surface area contributed by atoms with Gasteiger partial charge in [-0.25, -0.2) is 4.72 Å². The van der Waals surface area contributed by atoms with Gasteiger partial charge in [0.2, 0.25) is 0 Å². The minimum atomic E-state index is -3.96. The Balaban J connectivity index is 0. The summed E-state index contributed by atoms with van der Waals surface area (Å²) in [5, 5.41) is 7.31. The maximum Gasteiger partial charge on any atom is 0.362 e. The molecule has 0 aromatic rings. The summed E-state index contributed by atoms with van der Waals surface area (Å²) in [5.74, 6) is -1.81. The van der Waals surface area contributed by atoms with Crippen molar-refractivity contribution in [1.82, 2.24) is 4.72 Å². The Labute approximate surface area is 101 Å². The SMILES string of the molecule is C=CC(=O)NS(=O)(=O)OCC(C)C.[CH2]C(=O)O. The molecule has 0 spiro atoms. The molecule has 0 aliphatic heterocycles. The van der Waals surface area contributed by atoms with Gasteiger partial charge in [0.1, 0.15) is 0 Å². The zero-order valence-corrected chi connectivity index (χ0v) is 10.5. The molecule has 0 aliphatic carbocycles. The van der Waals surface area contributed by atoms with E-state index < -0.39 is 22.2 Å². The van der Waals surface area contributed by atoms with Gasteiger partial charge in [-0.1, -0.05) is 20.4 Å². The highest BCUT2D eigenvalue weighted by atomic mass is 32.2. The Morgan fingerprint density at radius 1 is 1.47 bits per heavy atom. The molecule has 0 aromatic carbocycles. The van der Waals surface area contributed by atoms with Gasteiger partial charge in [0.25, 0.3) is 5.91 Å². The Morgan fingerprint density at radius 2 is 1.88 bits per heavy atom. The van der Waals surface area contributed by atoms with Crippen LogP contribution in [0.2, 0.25) is 0 Å². The molecule has 0 atom stereocenters. The van der Waals surface area contributed by atoms with Crippen molar-refractivity contribution in [2.75, 3.05) is 6.61 Å².